The fraction of sp³-hybridized carbons (Fsp3) is 0.516. The molecule has 0 radical (unpaired) electrons. The lowest BCUT2D eigenvalue weighted by Gasteiger charge is -2.36. The van der Waals surface area contributed by atoms with Crippen LogP contribution in [0.3, 0.4) is 0 Å². The average Bonchev–Trinajstić information content (AvgIpc) is 3.53. The first-order valence-corrected chi connectivity index (χ1v) is 15.3. The molecule has 0 saturated carbocycles. The fourth-order valence-corrected chi connectivity index (χ4v) is 6.75. The quantitative estimate of drug-likeness (QED) is 0.402. The van der Waals surface area contributed by atoms with E-state index in [-0.39, 0.29) is 12.0 Å². The molecule has 2 aromatic heterocycles. The van der Waals surface area contributed by atoms with Crippen LogP contribution in [-0.4, -0.2) is 60.2 Å². The Kier molecular flexibility index (Phi) is 8.21. The summed E-state index contributed by atoms with van der Waals surface area (Å²) in [6.45, 7) is 11.2. The van der Waals surface area contributed by atoms with Gasteiger partial charge in [-0.25, -0.2) is 9.78 Å². The monoisotopic (exact) mass is 563 g/mol. The van der Waals surface area contributed by atoms with Crippen LogP contribution in [0, 0.1) is 0 Å². The number of nitrogens with zero attached hydrogens (tertiary/aromatic N) is 3. The number of thiophene rings is 1. The van der Waals surface area contributed by atoms with E-state index in [1.54, 1.807) is 4.90 Å². The lowest BCUT2D eigenvalue weighted by Crippen LogP contribution is -2.50. The summed E-state index contributed by atoms with van der Waals surface area (Å²) < 4.78 is 5.50. The predicted molar refractivity (Wildman–Crippen MR) is 163 cm³/mol. The lowest BCUT2D eigenvalue weighted by molar-refractivity contribution is 0.0240. The van der Waals surface area contributed by atoms with Crippen LogP contribution in [0.25, 0.3) is 10.2 Å². The highest BCUT2D eigenvalue weighted by atomic mass is 32.1. The van der Waals surface area contributed by atoms with Crippen LogP contribution >= 0.6 is 11.3 Å². The zero-order chi connectivity index (χ0) is 28.4. The number of aromatic nitrogens is 1. The second kappa shape index (κ2) is 11.6. The van der Waals surface area contributed by atoms with E-state index < -0.39 is 5.60 Å². The zero-order valence-corrected chi connectivity index (χ0v) is 25.0. The first-order chi connectivity index (χ1) is 19.1. The van der Waals surface area contributed by atoms with Crippen molar-refractivity contribution in [3.05, 3.63) is 51.5 Å². The van der Waals surface area contributed by atoms with Gasteiger partial charge in [0.2, 0.25) is 0 Å². The van der Waals surface area contributed by atoms with E-state index >= 15 is 0 Å². The molecule has 3 heterocycles. The molecule has 214 valence electrons. The molecule has 0 bridgehead atoms. The number of amides is 2. The number of fused-ring (bicyclic) bond motifs is 3. The summed E-state index contributed by atoms with van der Waals surface area (Å²) in [6, 6.07) is 8.45. The van der Waals surface area contributed by atoms with Gasteiger partial charge in [-0.15, -0.1) is 11.3 Å². The fourth-order valence-electron chi connectivity index (χ4n) is 5.69. The van der Waals surface area contributed by atoms with Gasteiger partial charge in [-0.1, -0.05) is 25.5 Å². The lowest BCUT2D eigenvalue weighted by atomic mass is 10.0. The van der Waals surface area contributed by atoms with Crippen molar-refractivity contribution >= 4 is 44.9 Å². The molecular weight excluding hydrogens is 522 g/mol. The van der Waals surface area contributed by atoms with Gasteiger partial charge in [0, 0.05) is 49.5 Å². The maximum Gasteiger partial charge on any atom is 0.410 e. The number of benzene rings is 1. The van der Waals surface area contributed by atoms with E-state index in [9.17, 15) is 9.59 Å². The molecule has 40 heavy (non-hydrogen) atoms. The van der Waals surface area contributed by atoms with E-state index in [1.165, 1.54) is 28.2 Å². The highest BCUT2D eigenvalue weighted by molar-refractivity contribution is 7.21. The summed E-state index contributed by atoms with van der Waals surface area (Å²) in [4.78, 5) is 35.9. The van der Waals surface area contributed by atoms with Crippen molar-refractivity contribution in [2.75, 3.05) is 43.4 Å². The molecule has 0 spiro atoms. The minimum Gasteiger partial charge on any atom is -0.444 e. The number of hydrogen-bond donors (Lipinski definition) is 2. The second-order valence-electron chi connectivity index (χ2n) is 11.8. The molecule has 3 N–H and O–H groups in total. The molecule has 5 rings (SSSR count). The minimum atomic E-state index is -0.483. The maximum absolute atomic E-state index is 13.1. The summed E-state index contributed by atoms with van der Waals surface area (Å²) >= 11 is 1.42. The Morgan fingerprint density at radius 3 is 2.42 bits per heavy atom. The van der Waals surface area contributed by atoms with Gasteiger partial charge >= 0.3 is 6.09 Å². The predicted octanol–water partition coefficient (Wildman–Crippen LogP) is 5.35. The van der Waals surface area contributed by atoms with Crippen LogP contribution in [-0.2, 0) is 30.4 Å². The Bertz CT molecular complexity index is 1380. The van der Waals surface area contributed by atoms with Crippen LogP contribution < -0.4 is 16.0 Å². The van der Waals surface area contributed by atoms with Gasteiger partial charge in [-0.2, -0.15) is 0 Å². The largest absolute Gasteiger partial charge is 0.444 e. The SMILES string of the molecule is CCCc1nc2sc(C(=O)NCCc3ccc(N4CCN(C(=O)OC(C)(C)C)CC4)cc3)c(N)c2c2c1CCC2. The van der Waals surface area contributed by atoms with E-state index in [0.29, 0.717) is 30.2 Å². The molecular formula is C31H41N5O3S. The Morgan fingerprint density at radius 1 is 1.05 bits per heavy atom. The summed E-state index contributed by atoms with van der Waals surface area (Å²) in [5, 5.41) is 4.07. The molecule has 1 aromatic carbocycles. The zero-order valence-electron chi connectivity index (χ0n) is 24.1. The van der Waals surface area contributed by atoms with Crippen LogP contribution in [0.1, 0.15) is 72.6 Å². The number of anilines is 2. The van der Waals surface area contributed by atoms with Gasteiger partial charge in [-0.3, -0.25) is 4.79 Å². The summed E-state index contributed by atoms with van der Waals surface area (Å²) in [6.07, 6.45) is 5.73. The summed E-state index contributed by atoms with van der Waals surface area (Å²) in [5.74, 6) is -0.122. The van der Waals surface area contributed by atoms with Crippen molar-refractivity contribution < 1.29 is 14.3 Å². The Hall–Kier alpha value is -3.33. The van der Waals surface area contributed by atoms with Gasteiger partial charge in [0.25, 0.3) is 5.91 Å². The molecule has 2 aliphatic rings. The van der Waals surface area contributed by atoms with Gasteiger partial charge in [0.15, 0.2) is 0 Å². The van der Waals surface area contributed by atoms with Crippen molar-refractivity contribution in [1.29, 1.82) is 0 Å². The molecule has 0 atom stereocenters. The number of nitrogens with two attached hydrogens (primary N) is 1. The van der Waals surface area contributed by atoms with E-state index in [2.05, 4.69) is 41.4 Å². The van der Waals surface area contributed by atoms with Crippen LogP contribution in [0.5, 0.6) is 0 Å². The number of pyridine rings is 1. The van der Waals surface area contributed by atoms with Crippen molar-refractivity contribution in [2.45, 2.75) is 71.8 Å². The Morgan fingerprint density at radius 2 is 1.75 bits per heavy atom. The number of carbonyl (C=O) groups is 2. The molecule has 1 aliphatic heterocycles. The summed E-state index contributed by atoms with van der Waals surface area (Å²) in [7, 11) is 0. The van der Waals surface area contributed by atoms with E-state index in [0.717, 1.165) is 73.1 Å². The molecule has 0 unspecified atom stereocenters. The third kappa shape index (κ3) is 6.04. The standard InChI is InChI=1S/C31H41N5O3S/c1-5-7-24-22-8-6-9-23(22)25-26(32)27(40-29(25)34-24)28(37)33-15-14-20-10-12-21(13-11-20)35-16-18-36(19-17-35)30(38)39-31(2,3)4/h10-13H,5-9,14-19,32H2,1-4H3,(H,33,37). The average molecular weight is 564 g/mol. The van der Waals surface area contributed by atoms with E-state index in [1.807, 2.05) is 20.8 Å². The molecule has 8 nitrogen and oxygen atoms in total. The Balaban J connectivity index is 1.15. The van der Waals surface area contributed by atoms with Gasteiger partial charge in [0.05, 0.1) is 5.69 Å². The van der Waals surface area contributed by atoms with Gasteiger partial charge < -0.3 is 25.6 Å². The molecule has 3 aromatic rings. The number of nitrogens with one attached hydrogen (secondary N) is 1. The number of rotatable bonds is 7. The topological polar surface area (TPSA) is 101 Å². The smallest absolute Gasteiger partial charge is 0.410 e. The van der Waals surface area contributed by atoms with Crippen LogP contribution in [0.2, 0.25) is 0 Å². The molecule has 1 aliphatic carbocycles. The molecule has 2 amide bonds. The normalized spacial score (nSPS) is 15.4. The Labute approximate surface area is 240 Å². The van der Waals surface area contributed by atoms with Gasteiger partial charge in [0.1, 0.15) is 15.3 Å². The first-order valence-electron chi connectivity index (χ1n) is 14.5. The molecule has 1 saturated heterocycles. The third-order valence-corrected chi connectivity index (χ3v) is 8.75. The minimum absolute atomic E-state index is 0.122. The van der Waals surface area contributed by atoms with Crippen molar-refractivity contribution in [3.63, 3.8) is 0 Å². The number of aryl methyl sites for hydroxylation is 2. The molecule has 1 fully saturated rings. The number of hydrogen-bond acceptors (Lipinski definition) is 7. The summed E-state index contributed by atoms with van der Waals surface area (Å²) in [5.41, 5.74) is 12.8. The van der Waals surface area contributed by atoms with Crippen molar-refractivity contribution in [2.24, 2.45) is 0 Å². The van der Waals surface area contributed by atoms with Crippen molar-refractivity contribution in [1.82, 2.24) is 15.2 Å². The van der Waals surface area contributed by atoms with E-state index in [4.69, 9.17) is 15.5 Å². The van der Waals surface area contributed by atoms with Crippen LogP contribution in [0.4, 0.5) is 16.2 Å². The highest BCUT2D eigenvalue weighted by Crippen LogP contribution is 2.40. The number of carbonyl (C=O) groups excluding carboxylic acids is 2. The van der Waals surface area contributed by atoms with Gasteiger partial charge in [-0.05, 0) is 81.7 Å². The van der Waals surface area contributed by atoms with Crippen LogP contribution in [0.15, 0.2) is 24.3 Å². The number of nitrogen functional groups attached to an aromatic ring is 1. The first kappa shape index (κ1) is 28.2. The van der Waals surface area contributed by atoms with Crippen molar-refractivity contribution in [3.8, 4) is 0 Å². The second-order valence-corrected chi connectivity index (χ2v) is 12.8. The third-order valence-electron chi connectivity index (χ3n) is 7.66. The number of ether oxygens (including phenoxy) is 1. The molecule has 9 heteroatoms. The number of piperazine rings is 1. The highest BCUT2D eigenvalue weighted by Gasteiger charge is 2.27. The maximum atomic E-state index is 13.1.